The summed E-state index contributed by atoms with van der Waals surface area (Å²) in [6.45, 7) is 4.00. The highest BCUT2D eigenvalue weighted by atomic mass is 19.1. The second kappa shape index (κ2) is 8.65. The van der Waals surface area contributed by atoms with Crippen LogP contribution >= 0.6 is 0 Å². The Balaban J connectivity index is 2.43. The number of rotatable bonds is 7. The van der Waals surface area contributed by atoms with Crippen molar-refractivity contribution < 1.29 is 23.5 Å². The lowest BCUT2D eigenvalue weighted by Crippen LogP contribution is -2.08. The van der Waals surface area contributed by atoms with Gasteiger partial charge in [0.15, 0.2) is 0 Å². The summed E-state index contributed by atoms with van der Waals surface area (Å²) in [4.78, 5) is 23.4. The summed E-state index contributed by atoms with van der Waals surface area (Å²) in [5.74, 6) is -0.623. The van der Waals surface area contributed by atoms with Gasteiger partial charge in [0, 0.05) is 19.0 Å². The number of halogens is 1. The molecule has 0 atom stereocenters. The number of methoxy groups -OCH3 is 1. The Morgan fingerprint density at radius 3 is 2.73 bits per heavy atom. The number of benzene rings is 1. The van der Waals surface area contributed by atoms with Crippen LogP contribution in [0.25, 0.3) is 6.08 Å². The second-order valence-electron chi connectivity index (χ2n) is 6.20. The topological polar surface area (TPSA) is 64.6 Å². The largest absolute Gasteiger partial charge is 0.469 e. The zero-order valence-electron chi connectivity index (χ0n) is 15.6. The zero-order chi connectivity index (χ0) is 19.3. The molecule has 0 aliphatic carbocycles. The summed E-state index contributed by atoms with van der Waals surface area (Å²) in [5, 5.41) is 3.07. The molecule has 0 saturated heterocycles. The fourth-order valence-electron chi connectivity index (χ4n) is 3.18. The molecule has 6 heteroatoms. The third kappa shape index (κ3) is 3.95. The SMILES string of the molecule is CNc1c(C/C=C(\C)CCC(=O)OC)c(C=CF)c(C)c2c1C(=O)OC2. The van der Waals surface area contributed by atoms with Crippen molar-refractivity contribution in [1.29, 1.82) is 0 Å². The standard InChI is InChI=1S/C20H24FNO4/c1-12(6-8-17(23)25-4)5-7-15-14(9-10-21)13(2)16-11-26-20(24)18(16)19(15)22-3/h5,9-10,22H,6-8,11H2,1-4H3/b10-9?,12-5+. The van der Waals surface area contributed by atoms with E-state index in [2.05, 4.69) is 10.1 Å². The molecule has 1 aliphatic heterocycles. The fraction of sp³-hybridized carbons (Fsp3) is 0.400. The van der Waals surface area contributed by atoms with Crippen molar-refractivity contribution in [1.82, 2.24) is 0 Å². The first-order chi connectivity index (χ1) is 12.4. The number of fused-ring (bicyclic) bond motifs is 1. The van der Waals surface area contributed by atoms with E-state index >= 15 is 0 Å². The molecular formula is C20H24FNO4. The van der Waals surface area contributed by atoms with Crippen molar-refractivity contribution in [3.63, 3.8) is 0 Å². The molecule has 0 saturated carbocycles. The van der Waals surface area contributed by atoms with E-state index in [0.717, 1.165) is 27.8 Å². The lowest BCUT2D eigenvalue weighted by Gasteiger charge is -2.18. The van der Waals surface area contributed by atoms with Crippen molar-refractivity contribution in [2.45, 2.75) is 39.7 Å². The molecule has 1 aromatic rings. The molecule has 0 fully saturated rings. The molecule has 0 aromatic heterocycles. The predicted molar refractivity (Wildman–Crippen MR) is 98.7 cm³/mol. The number of nitrogens with one attached hydrogen (secondary N) is 1. The molecule has 0 radical (unpaired) electrons. The third-order valence-electron chi connectivity index (χ3n) is 4.67. The van der Waals surface area contributed by atoms with E-state index in [1.165, 1.54) is 13.2 Å². The predicted octanol–water partition coefficient (Wildman–Crippen LogP) is 4.09. The van der Waals surface area contributed by atoms with E-state index in [0.29, 0.717) is 36.8 Å². The number of carbonyl (C=O) groups is 2. The van der Waals surface area contributed by atoms with Gasteiger partial charge in [-0.15, -0.1) is 0 Å². The lowest BCUT2D eigenvalue weighted by molar-refractivity contribution is -0.140. The van der Waals surface area contributed by atoms with Crippen LogP contribution in [-0.2, 0) is 27.3 Å². The van der Waals surface area contributed by atoms with Gasteiger partial charge in [0.1, 0.15) is 6.61 Å². The Morgan fingerprint density at radius 2 is 2.12 bits per heavy atom. The van der Waals surface area contributed by atoms with Crippen LogP contribution in [0.3, 0.4) is 0 Å². The number of hydrogen-bond acceptors (Lipinski definition) is 5. The molecule has 140 valence electrons. The molecule has 0 spiro atoms. The molecule has 2 rings (SSSR count). The van der Waals surface area contributed by atoms with E-state index in [4.69, 9.17) is 4.74 Å². The van der Waals surface area contributed by atoms with Gasteiger partial charge in [-0.25, -0.2) is 9.18 Å². The summed E-state index contributed by atoms with van der Waals surface area (Å²) in [6.07, 6.45) is 5.30. The van der Waals surface area contributed by atoms with Crippen LogP contribution in [-0.4, -0.2) is 26.1 Å². The zero-order valence-corrected chi connectivity index (χ0v) is 15.6. The number of hydrogen-bond donors (Lipinski definition) is 1. The van der Waals surface area contributed by atoms with Crippen molar-refractivity contribution in [2.75, 3.05) is 19.5 Å². The van der Waals surface area contributed by atoms with Gasteiger partial charge in [0.25, 0.3) is 0 Å². The molecule has 0 unspecified atom stereocenters. The highest BCUT2D eigenvalue weighted by Crippen LogP contribution is 2.37. The number of ether oxygens (including phenoxy) is 2. The molecule has 0 amide bonds. The Morgan fingerprint density at radius 1 is 1.38 bits per heavy atom. The maximum atomic E-state index is 13.0. The van der Waals surface area contributed by atoms with Crippen LogP contribution in [0, 0.1) is 6.92 Å². The van der Waals surface area contributed by atoms with Crippen molar-refractivity contribution in [3.05, 3.63) is 45.8 Å². The molecule has 1 N–H and O–H groups in total. The molecule has 1 aliphatic rings. The molecule has 0 bridgehead atoms. The van der Waals surface area contributed by atoms with Gasteiger partial charge in [-0.3, -0.25) is 4.79 Å². The van der Waals surface area contributed by atoms with Gasteiger partial charge in [0.2, 0.25) is 0 Å². The van der Waals surface area contributed by atoms with Crippen molar-refractivity contribution in [2.24, 2.45) is 0 Å². The van der Waals surface area contributed by atoms with Crippen LogP contribution < -0.4 is 5.32 Å². The summed E-state index contributed by atoms with van der Waals surface area (Å²) in [7, 11) is 3.10. The third-order valence-corrected chi connectivity index (χ3v) is 4.67. The Kier molecular flexibility index (Phi) is 6.55. The van der Waals surface area contributed by atoms with E-state index in [9.17, 15) is 14.0 Å². The van der Waals surface area contributed by atoms with Crippen molar-refractivity contribution >= 4 is 23.7 Å². The van der Waals surface area contributed by atoms with Gasteiger partial charge >= 0.3 is 11.9 Å². The minimum Gasteiger partial charge on any atom is -0.469 e. The Hall–Kier alpha value is -2.63. The number of anilines is 1. The lowest BCUT2D eigenvalue weighted by atomic mass is 9.89. The Labute approximate surface area is 152 Å². The van der Waals surface area contributed by atoms with Gasteiger partial charge in [-0.2, -0.15) is 0 Å². The normalized spacial score (nSPS) is 13.7. The van der Waals surface area contributed by atoms with Gasteiger partial charge in [-0.05, 0) is 49.5 Å². The van der Waals surface area contributed by atoms with Crippen LogP contribution in [0.2, 0.25) is 0 Å². The number of allylic oxidation sites excluding steroid dienone is 2. The van der Waals surface area contributed by atoms with Crippen LogP contribution in [0.1, 0.15) is 52.4 Å². The average Bonchev–Trinajstić information content (AvgIpc) is 3.02. The van der Waals surface area contributed by atoms with Gasteiger partial charge < -0.3 is 14.8 Å². The first-order valence-corrected chi connectivity index (χ1v) is 8.46. The van der Waals surface area contributed by atoms with Crippen LogP contribution in [0.5, 0.6) is 0 Å². The second-order valence-corrected chi connectivity index (χ2v) is 6.20. The molecular weight excluding hydrogens is 337 g/mol. The van der Waals surface area contributed by atoms with Crippen LogP contribution in [0.15, 0.2) is 18.0 Å². The summed E-state index contributed by atoms with van der Waals surface area (Å²) >= 11 is 0. The fourth-order valence-corrected chi connectivity index (χ4v) is 3.18. The quantitative estimate of drug-likeness (QED) is 0.585. The number of esters is 2. The molecule has 1 aromatic carbocycles. The number of carbonyl (C=O) groups excluding carboxylic acids is 2. The highest BCUT2D eigenvalue weighted by Gasteiger charge is 2.30. The minimum absolute atomic E-state index is 0.204. The number of cyclic esters (lactones) is 1. The van der Waals surface area contributed by atoms with E-state index in [-0.39, 0.29) is 18.5 Å². The highest BCUT2D eigenvalue weighted by molar-refractivity contribution is 6.01. The van der Waals surface area contributed by atoms with Crippen LogP contribution in [0.4, 0.5) is 10.1 Å². The van der Waals surface area contributed by atoms with Crippen molar-refractivity contribution in [3.8, 4) is 0 Å². The van der Waals surface area contributed by atoms with E-state index in [1.807, 2.05) is 19.9 Å². The van der Waals surface area contributed by atoms with E-state index < -0.39 is 0 Å². The average molecular weight is 361 g/mol. The smallest absolute Gasteiger partial charge is 0.341 e. The molecule has 26 heavy (non-hydrogen) atoms. The van der Waals surface area contributed by atoms with E-state index in [1.54, 1.807) is 7.05 Å². The first-order valence-electron chi connectivity index (χ1n) is 8.46. The summed E-state index contributed by atoms with van der Waals surface area (Å²) in [6, 6.07) is 0. The van der Waals surface area contributed by atoms with Gasteiger partial charge in [-0.1, -0.05) is 11.6 Å². The summed E-state index contributed by atoms with van der Waals surface area (Å²) in [5.41, 5.74) is 5.42. The maximum Gasteiger partial charge on any atom is 0.341 e. The molecule has 1 heterocycles. The maximum absolute atomic E-state index is 13.0. The monoisotopic (exact) mass is 361 g/mol. The minimum atomic E-state index is -0.365. The Bertz CT molecular complexity index is 781. The first kappa shape index (κ1) is 19.7. The molecule has 5 nitrogen and oxygen atoms in total. The summed E-state index contributed by atoms with van der Waals surface area (Å²) < 4.78 is 22.8. The van der Waals surface area contributed by atoms with Gasteiger partial charge in [0.05, 0.1) is 24.7 Å².